The van der Waals surface area contributed by atoms with E-state index in [1.807, 2.05) is 31.2 Å². The molecule has 3 heterocycles. The summed E-state index contributed by atoms with van der Waals surface area (Å²) in [5, 5.41) is 4.15. The van der Waals surface area contributed by atoms with Gasteiger partial charge in [-0.05, 0) is 56.7 Å². The molecule has 1 N–H and O–H groups in total. The zero-order valence-corrected chi connectivity index (χ0v) is 25.0. The van der Waals surface area contributed by atoms with E-state index in [0.717, 1.165) is 97.1 Å². The molecular formula is C32H39N3O5S. The normalized spacial score (nSPS) is 16.2. The van der Waals surface area contributed by atoms with Crippen molar-refractivity contribution in [2.24, 2.45) is 0 Å². The number of para-hydroxylation sites is 1. The van der Waals surface area contributed by atoms with Gasteiger partial charge in [0.25, 0.3) is 5.91 Å². The van der Waals surface area contributed by atoms with Gasteiger partial charge in [0.05, 0.1) is 23.8 Å². The number of hydrogen-bond donors (Lipinski definition) is 1. The lowest BCUT2D eigenvalue weighted by Crippen LogP contribution is -2.35. The molecule has 0 saturated heterocycles. The summed E-state index contributed by atoms with van der Waals surface area (Å²) in [7, 11) is 1.36. The maximum absolute atomic E-state index is 13.9. The highest BCUT2D eigenvalue weighted by Crippen LogP contribution is 2.38. The first-order valence-electron chi connectivity index (χ1n) is 14.8. The van der Waals surface area contributed by atoms with E-state index in [9.17, 15) is 14.4 Å². The Labute approximate surface area is 245 Å². The summed E-state index contributed by atoms with van der Waals surface area (Å²) in [5.41, 5.74) is 4.46. The molecular weight excluding hydrogens is 538 g/mol. The lowest BCUT2D eigenvalue weighted by Gasteiger charge is -2.30. The minimum absolute atomic E-state index is 0.295. The first kappa shape index (κ1) is 29.2. The number of carbonyl (C=O) groups excluding carboxylic acids is 3. The van der Waals surface area contributed by atoms with Crippen LogP contribution in [0.1, 0.15) is 94.8 Å². The number of aryl methyl sites for hydroxylation is 1. The average molecular weight is 578 g/mol. The molecule has 0 radical (unpaired) electrons. The standard InChI is InChI=1S/C32H39N3O5S/c1-4-17-35-18-16-24-22(19-35)27(20-12-10-11-14-23(20)33-24)32(38)40-25(5-2)29(36)34-30-28(31(37)39-3)21-13-8-6-7-9-15-26(21)41-30/h10-12,14,25H,4-9,13,15-19H2,1-3H3,(H,34,36). The Morgan fingerprint density at radius 2 is 1.78 bits per heavy atom. The highest BCUT2D eigenvalue weighted by atomic mass is 32.1. The molecule has 0 bridgehead atoms. The molecule has 41 heavy (non-hydrogen) atoms. The number of benzene rings is 1. The van der Waals surface area contributed by atoms with Crippen molar-refractivity contribution in [1.82, 2.24) is 9.88 Å². The van der Waals surface area contributed by atoms with E-state index in [1.165, 1.54) is 18.4 Å². The third kappa shape index (κ3) is 6.16. The molecule has 218 valence electrons. The summed E-state index contributed by atoms with van der Waals surface area (Å²) in [6.45, 7) is 6.42. The summed E-state index contributed by atoms with van der Waals surface area (Å²) in [4.78, 5) is 48.6. The van der Waals surface area contributed by atoms with Gasteiger partial charge in [-0.3, -0.25) is 14.7 Å². The number of aromatic nitrogens is 1. The third-order valence-corrected chi connectivity index (χ3v) is 9.29. The summed E-state index contributed by atoms with van der Waals surface area (Å²) >= 11 is 1.44. The van der Waals surface area contributed by atoms with Gasteiger partial charge in [-0.25, -0.2) is 9.59 Å². The third-order valence-electron chi connectivity index (χ3n) is 8.08. The van der Waals surface area contributed by atoms with Gasteiger partial charge in [0, 0.05) is 41.0 Å². The number of carbonyl (C=O) groups is 3. The number of pyridine rings is 1. The molecule has 8 nitrogen and oxygen atoms in total. The number of hydrogen-bond acceptors (Lipinski definition) is 8. The van der Waals surface area contributed by atoms with Crippen molar-refractivity contribution in [1.29, 1.82) is 0 Å². The minimum Gasteiger partial charge on any atom is -0.465 e. The molecule has 1 unspecified atom stereocenters. The van der Waals surface area contributed by atoms with Gasteiger partial charge in [0.15, 0.2) is 6.10 Å². The van der Waals surface area contributed by atoms with E-state index >= 15 is 0 Å². The number of anilines is 1. The fourth-order valence-electron chi connectivity index (χ4n) is 6.01. The molecule has 1 amide bonds. The van der Waals surface area contributed by atoms with Crippen molar-refractivity contribution in [3.63, 3.8) is 0 Å². The molecule has 0 fully saturated rings. The number of thiophene rings is 1. The van der Waals surface area contributed by atoms with E-state index in [0.29, 0.717) is 29.1 Å². The number of rotatable bonds is 8. The van der Waals surface area contributed by atoms with Crippen LogP contribution in [0.25, 0.3) is 10.9 Å². The van der Waals surface area contributed by atoms with Crippen molar-refractivity contribution in [3.05, 3.63) is 57.1 Å². The van der Waals surface area contributed by atoms with Crippen molar-refractivity contribution in [3.8, 4) is 0 Å². The van der Waals surface area contributed by atoms with Crippen LogP contribution < -0.4 is 5.32 Å². The van der Waals surface area contributed by atoms with Gasteiger partial charge >= 0.3 is 11.9 Å². The van der Waals surface area contributed by atoms with Crippen LogP contribution in [0, 0.1) is 0 Å². The number of amides is 1. The monoisotopic (exact) mass is 577 g/mol. The molecule has 1 aliphatic carbocycles. The van der Waals surface area contributed by atoms with Crippen LogP contribution in [-0.2, 0) is 40.1 Å². The second-order valence-electron chi connectivity index (χ2n) is 10.9. The lowest BCUT2D eigenvalue weighted by atomic mass is 9.95. The van der Waals surface area contributed by atoms with E-state index in [-0.39, 0.29) is 0 Å². The quantitative estimate of drug-likeness (QED) is 0.324. The Morgan fingerprint density at radius 1 is 1.00 bits per heavy atom. The Kier molecular flexibility index (Phi) is 9.35. The van der Waals surface area contributed by atoms with Crippen molar-refractivity contribution in [2.45, 2.75) is 84.3 Å². The van der Waals surface area contributed by atoms with Crippen LogP contribution >= 0.6 is 11.3 Å². The Hall–Kier alpha value is -3.30. The Balaban J connectivity index is 1.43. The molecule has 1 atom stereocenters. The number of nitrogens with one attached hydrogen (secondary N) is 1. The largest absolute Gasteiger partial charge is 0.465 e. The fourth-order valence-corrected chi connectivity index (χ4v) is 7.29. The van der Waals surface area contributed by atoms with E-state index in [4.69, 9.17) is 14.5 Å². The van der Waals surface area contributed by atoms with Crippen LogP contribution in [0.3, 0.4) is 0 Å². The molecule has 5 rings (SSSR count). The summed E-state index contributed by atoms with van der Waals surface area (Å²) in [6, 6.07) is 7.60. The van der Waals surface area contributed by atoms with E-state index < -0.39 is 23.9 Å². The van der Waals surface area contributed by atoms with Crippen molar-refractivity contribution in [2.75, 3.05) is 25.5 Å². The lowest BCUT2D eigenvalue weighted by molar-refractivity contribution is -0.124. The zero-order chi connectivity index (χ0) is 28.9. The smallest absolute Gasteiger partial charge is 0.341 e. The fraction of sp³-hybridized carbons (Fsp3) is 0.500. The first-order valence-corrected chi connectivity index (χ1v) is 15.6. The number of esters is 2. The van der Waals surface area contributed by atoms with Gasteiger partial charge in [-0.2, -0.15) is 0 Å². The predicted molar refractivity (Wildman–Crippen MR) is 161 cm³/mol. The van der Waals surface area contributed by atoms with Crippen LogP contribution in [0.5, 0.6) is 0 Å². The first-order chi connectivity index (χ1) is 19.9. The van der Waals surface area contributed by atoms with Crippen LogP contribution in [0.2, 0.25) is 0 Å². The van der Waals surface area contributed by atoms with Crippen molar-refractivity contribution < 1.29 is 23.9 Å². The zero-order valence-electron chi connectivity index (χ0n) is 24.2. The second kappa shape index (κ2) is 13.1. The molecule has 9 heteroatoms. The van der Waals surface area contributed by atoms with Crippen molar-refractivity contribution >= 4 is 45.1 Å². The number of ether oxygens (including phenoxy) is 2. The molecule has 1 aliphatic heterocycles. The molecule has 2 aromatic heterocycles. The molecule has 0 saturated carbocycles. The Morgan fingerprint density at radius 3 is 2.54 bits per heavy atom. The average Bonchev–Trinajstić information content (AvgIpc) is 3.29. The second-order valence-corrected chi connectivity index (χ2v) is 12.0. The summed E-state index contributed by atoms with van der Waals surface area (Å²) in [6.07, 6.45) is 7.05. The molecule has 0 spiro atoms. The van der Waals surface area contributed by atoms with Gasteiger partial charge in [0.2, 0.25) is 0 Å². The van der Waals surface area contributed by atoms with Gasteiger partial charge in [-0.1, -0.05) is 44.9 Å². The van der Waals surface area contributed by atoms with E-state index in [1.54, 1.807) is 0 Å². The number of fused-ring (bicyclic) bond motifs is 3. The topological polar surface area (TPSA) is 97.8 Å². The van der Waals surface area contributed by atoms with Gasteiger partial charge in [0.1, 0.15) is 5.00 Å². The molecule has 3 aromatic rings. The van der Waals surface area contributed by atoms with E-state index in [2.05, 4.69) is 17.1 Å². The minimum atomic E-state index is -1.02. The maximum atomic E-state index is 13.9. The molecule has 1 aromatic carbocycles. The summed E-state index contributed by atoms with van der Waals surface area (Å²) < 4.78 is 11.1. The van der Waals surface area contributed by atoms with Gasteiger partial charge in [-0.15, -0.1) is 11.3 Å². The predicted octanol–water partition coefficient (Wildman–Crippen LogP) is 6.08. The van der Waals surface area contributed by atoms with Gasteiger partial charge < -0.3 is 14.8 Å². The molecule has 2 aliphatic rings. The Bertz CT molecular complexity index is 1450. The van der Waals surface area contributed by atoms with Crippen LogP contribution in [-0.4, -0.2) is 54.0 Å². The summed E-state index contributed by atoms with van der Waals surface area (Å²) in [5.74, 6) is -1.41. The highest BCUT2D eigenvalue weighted by Gasteiger charge is 2.31. The highest BCUT2D eigenvalue weighted by molar-refractivity contribution is 7.17. The number of methoxy groups -OCH3 is 1. The maximum Gasteiger partial charge on any atom is 0.341 e. The number of nitrogens with zero attached hydrogens (tertiary/aromatic N) is 2. The SMILES string of the molecule is CCCN1CCc2nc3ccccc3c(C(=O)OC(CC)C(=O)Nc3sc4c(c3C(=O)OC)CCCCCC4)c2C1. The van der Waals surface area contributed by atoms with Crippen LogP contribution in [0.4, 0.5) is 5.00 Å². The van der Waals surface area contributed by atoms with Crippen LogP contribution in [0.15, 0.2) is 24.3 Å².